The van der Waals surface area contributed by atoms with Crippen LogP contribution in [0.4, 0.5) is 34.4 Å². The summed E-state index contributed by atoms with van der Waals surface area (Å²) < 4.78 is 0. The first-order valence-electron chi connectivity index (χ1n) is 11.5. The predicted octanol–water partition coefficient (Wildman–Crippen LogP) is 7.78. The zero-order valence-corrected chi connectivity index (χ0v) is 22.0. The second-order valence-corrected chi connectivity index (χ2v) is 9.58. The van der Waals surface area contributed by atoms with Crippen LogP contribution in [0.1, 0.15) is 43.0 Å². The highest BCUT2D eigenvalue weighted by atomic mass is 35.5. The van der Waals surface area contributed by atoms with E-state index in [2.05, 4.69) is 25.4 Å². The number of rotatable bonds is 4. The zero-order valence-electron chi connectivity index (χ0n) is 20.5. The van der Waals surface area contributed by atoms with Crippen molar-refractivity contribution in [1.29, 1.82) is 0 Å². The molecule has 0 atom stereocenters. The molecule has 9 nitrogen and oxygen atoms in total. The van der Waals surface area contributed by atoms with Crippen LogP contribution < -0.4 is 11.1 Å². The summed E-state index contributed by atoms with van der Waals surface area (Å²) in [4.78, 5) is 34.6. The number of aromatic hydroxyl groups is 1. The third-order valence-electron chi connectivity index (χ3n) is 6.26. The number of ketones is 2. The Labute approximate surface area is 232 Å². The van der Waals surface area contributed by atoms with Gasteiger partial charge in [-0.3, -0.25) is 9.59 Å². The smallest absolute Gasteiger partial charge is 0.233 e. The maximum absolute atomic E-state index is 13.5. The van der Waals surface area contributed by atoms with Crippen molar-refractivity contribution in [2.45, 2.75) is 13.8 Å². The van der Waals surface area contributed by atoms with E-state index in [1.165, 1.54) is 24.3 Å². The summed E-state index contributed by atoms with van der Waals surface area (Å²) in [5.41, 5.74) is 7.93. The second kappa shape index (κ2) is 9.83. The number of hydrogen-bond acceptors (Lipinski definition) is 8. The van der Waals surface area contributed by atoms with Crippen LogP contribution in [0.2, 0.25) is 10.0 Å². The molecule has 11 heteroatoms. The van der Waals surface area contributed by atoms with Crippen molar-refractivity contribution in [2.75, 3.05) is 11.1 Å². The van der Waals surface area contributed by atoms with Gasteiger partial charge in [0.1, 0.15) is 22.9 Å². The van der Waals surface area contributed by atoms with E-state index in [1.807, 2.05) is 31.2 Å². The normalized spacial score (nSPS) is 12.3. The van der Waals surface area contributed by atoms with Gasteiger partial charge in [0, 0.05) is 11.3 Å². The van der Waals surface area contributed by atoms with Gasteiger partial charge in [0.05, 0.1) is 33.3 Å². The van der Waals surface area contributed by atoms with Crippen molar-refractivity contribution in [3.63, 3.8) is 0 Å². The van der Waals surface area contributed by atoms with Crippen LogP contribution in [0.5, 0.6) is 5.75 Å². The quantitative estimate of drug-likeness (QED) is 0.153. The highest BCUT2D eigenvalue weighted by Crippen LogP contribution is 2.45. The number of nitrogens with one attached hydrogen (secondary N) is 1. The van der Waals surface area contributed by atoms with Gasteiger partial charge < -0.3 is 16.2 Å². The molecule has 0 spiro atoms. The summed E-state index contributed by atoms with van der Waals surface area (Å²) in [5.74, 6) is -1.34. The Hall–Kier alpha value is -4.78. The monoisotopic (exact) mass is 556 g/mol. The van der Waals surface area contributed by atoms with Gasteiger partial charge in [-0.15, -0.1) is 10.2 Å². The predicted molar refractivity (Wildman–Crippen MR) is 150 cm³/mol. The molecule has 0 unspecified atom stereocenters. The van der Waals surface area contributed by atoms with Gasteiger partial charge in [-0.25, -0.2) is 9.83 Å². The standard InChI is InChI=1S/C28H18Cl2N6O3/c1-12-7-9-14(10-8-12)33-28-23(13(2)22(32-3)27(31)34-28)35-36-24-17(30)11-16(29)20-21(24)25(38)15-5-4-6-18(37)19(15)26(20)39/h4-11,37H,1-2H3,(H3,31,33,34). The molecular formula is C28H18Cl2N6O3. The highest BCUT2D eigenvalue weighted by molar-refractivity contribution is 6.43. The Kier molecular flexibility index (Phi) is 6.52. The maximum atomic E-state index is 13.5. The fourth-order valence-corrected chi connectivity index (χ4v) is 4.90. The summed E-state index contributed by atoms with van der Waals surface area (Å²) in [6.45, 7) is 11.1. The first-order chi connectivity index (χ1) is 18.6. The molecule has 0 bridgehead atoms. The van der Waals surface area contributed by atoms with E-state index in [0.29, 0.717) is 11.3 Å². The Morgan fingerprint density at radius 1 is 0.949 bits per heavy atom. The summed E-state index contributed by atoms with van der Waals surface area (Å²) in [5, 5.41) is 21.9. The van der Waals surface area contributed by atoms with E-state index >= 15 is 0 Å². The van der Waals surface area contributed by atoms with Crippen LogP contribution >= 0.6 is 23.2 Å². The molecule has 0 radical (unpaired) electrons. The molecular weight excluding hydrogens is 539 g/mol. The van der Waals surface area contributed by atoms with Crippen LogP contribution in [-0.2, 0) is 0 Å². The molecule has 3 aromatic carbocycles. The number of carbonyl (C=O) groups is 2. The van der Waals surface area contributed by atoms with E-state index in [9.17, 15) is 14.7 Å². The Morgan fingerprint density at radius 3 is 2.33 bits per heavy atom. The number of benzene rings is 3. The number of aryl methyl sites for hydroxylation is 1. The maximum Gasteiger partial charge on any atom is 0.233 e. The van der Waals surface area contributed by atoms with Gasteiger partial charge >= 0.3 is 0 Å². The van der Waals surface area contributed by atoms with Crippen LogP contribution in [0.3, 0.4) is 0 Å². The van der Waals surface area contributed by atoms with Crippen LogP contribution in [0.25, 0.3) is 4.85 Å². The number of carbonyl (C=O) groups excluding carboxylic acids is 2. The summed E-state index contributed by atoms with van der Waals surface area (Å²) in [6.07, 6.45) is 0. The SMILES string of the molecule is [C-]#[N+]c1c(N)nc(Nc2ccc(C)cc2)c(N=Nc2c(Cl)cc(Cl)c3c2C(=O)c2cccc(O)c2C3=O)c1C. The number of fused-ring (bicyclic) bond motifs is 2. The van der Waals surface area contributed by atoms with Crippen molar-refractivity contribution in [3.05, 3.63) is 103 Å². The number of nitrogens with zero attached hydrogens (tertiary/aromatic N) is 4. The number of pyridine rings is 1. The summed E-state index contributed by atoms with van der Waals surface area (Å²) >= 11 is 12.8. The third kappa shape index (κ3) is 4.36. The van der Waals surface area contributed by atoms with Gasteiger partial charge in [-0.1, -0.05) is 53.0 Å². The Morgan fingerprint density at radius 2 is 1.64 bits per heavy atom. The van der Waals surface area contributed by atoms with Crippen molar-refractivity contribution in [1.82, 2.24) is 4.98 Å². The molecule has 1 aliphatic carbocycles. The average molecular weight is 557 g/mol. The lowest BCUT2D eigenvalue weighted by molar-refractivity contribution is 0.0977. The van der Waals surface area contributed by atoms with Gasteiger partial charge in [-0.2, -0.15) is 0 Å². The lowest BCUT2D eigenvalue weighted by atomic mass is 9.82. The summed E-state index contributed by atoms with van der Waals surface area (Å²) in [6, 6.07) is 13.0. The van der Waals surface area contributed by atoms with Gasteiger partial charge in [0.15, 0.2) is 17.4 Å². The second-order valence-electron chi connectivity index (χ2n) is 8.77. The first kappa shape index (κ1) is 25.9. The number of phenols is 1. The topological polar surface area (TPSA) is 134 Å². The molecule has 4 N–H and O–H groups in total. The number of phenolic OH excluding ortho intramolecular Hbond substituents is 1. The number of nitrogen functional groups attached to an aromatic ring is 1. The molecule has 0 saturated heterocycles. The van der Waals surface area contributed by atoms with Crippen molar-refractivity contribution in [2.24, 2.45) is 10.2 Å². The van der Waals surface area contributed by atoms with Crippen molar-refractivity contribution < 1.29 is 14.7 Å². The number of anilines is 3. The van der Waals surface area contributed by atoms with E-state index in [4.69, 9.17) is 35.5 Å². The zero-order chi connectivity index (χ0) is 28.0. The average Bonchev–Trinajstić information content (AvgIpc) is 2.89. The molecule has 1 aromatic heterocycles. The number of aromatic nitrogens is 1. The number of nitrogens with two attached hydrogens (primary N) is 1. The minimum atomic E-state index is -0.641. The Balaban J connectivity index is 1.69. The van der Waals surface area contributed by atoms with Gasteiger partial charge in [-0.05, 0) is 43.7 Å². The number of azo groups is 1. The van der Waals surface area contributed by atoms with E-state index < -0.39 is 11.6 Å². The van der Waals surface area contributed by atoms with Crippen LogP contribution in [0.15, 0.2) is 58.8 Å². The molecule has 1 heterocycles. The fraction of sp³-hybridized carbons (Fsp3) is 0.0714. The largest absolute Gasteiger partial charge is 0.507 e. The molecule has 0 amide bonds. The molecule has 0 fully saturated rings. The molecule has 5 rings (SSSR count). The van der Waals surface area contributed by atoms with E-state index in [-0.39, 0.29) is 66.7 Å². The number of halogens is 2. The van der Waals surface area contributed by atoms with Gasteiger partial charge in [0.25, 0.3) is 0 Å². The first-order valence-corrected chi connectivity index (χ1v) is 12.2. The third-order valence-corrected chi connectivity index (χ3v) is 6.85. The highest BCUT2D eigenvalue weighted by Gasteiger charge is 2.37. The lowest BCUT2D eigenvalue weighted by Gasteiger charge is -2.21. The molecule has 0 saturated carbocycles. The minimum Gasteiger partial charge on any atom is -0.507 e. The number of hydrogen-bond donors (Lipinski definition) is 3. The minimum absolute atomic E-state index is 0.00940. The van der Waals surface area contributed by atoms with E-state index in [1.54, 1.807) is 6.92 Å². The molecule has 192 valence electrons. The molecule has 4 aromatic rings. The van der Waals surface area contributed by atoms with Crippen molar-refractivity contribution >= 4 is 69.2 Å². The van der Waals surface area contributed by atoms with Crippen molar-refractivity contribution in [3.8, 4) is 5.75 Å². The van der Waals surface area contributed by atoms with E-state index in [0.717, 1.165) is 5.56 Å². The molecule has 1 aliphatic rings. The fourth-order valence-electron chi connectivity index (χ4n) is 4.31. The van der Waals surface area contributed by atoms with Gasteiger partial charge in [0.2, 0.25) is 5.69 Å². The molecule has 39 heavy (non-hydrogen) atoms. The van der Waals surface area contributed by atoms with Crippen LogP contribution in [-0.4, -0.2) is 21.7 Å². The lowest BCUT2D eigenvalue weighted by Crippen LogP contribution is -2.21. The summed E-state index contributed by atoms with van der Waals surface area (Å²) in [7, 11) is 0. The Bertz CT molecular complexity index is 1790. The molecule has 0 aliphatic heterocycles. The van der Waals surface area contributed by atoms with Crippen LogP contribution in [0, 0.1) is 20.4 Å².